The third-order valence-corrected chi connectivity index (χ3v) is 7.97. The van der Waals surface area contributed by atoms with Crippen molar-refractivity contribution in [2.75, 3.05) is 25.7 Å². The smallest absolute Gasteiger partial charge is 0.240 e. The van der Waals surface area contributed by atoms with Gasteiger partial charge in [0.1, 0.15) is 35.9 Å². The van der Waals surface area contributed by atoms with Gasteiger partial charge in [0.15, 0.2) is 0 Å². The van der Waals surface area contributed by atoms with Gasteiger partial charge in [-0.05, 0) is 30.7 Å². The lowest BCUT2D eigenvalue weighted by Crippen LogP contribution is -2.65. The number of aliphatic hydroxyl groups excluding tert-OH is 3. The SMILES string of the molecule is CSC1O[C@H]([C@H](NC(=O)[C@H]2NC[C@@H]3C=C(c4ccccc4)CCO[C@@H]23)[C@H](C)Cl)C(O)[C@@H](O)[C@H]1O.CSF. The van der Waals surface area contributed by atoms with Gasteiger partial charge in [0.2, 0.25) is 5.91 Å². The molecule has 0 spiro atoms. The van der Waals surface area contributed by atoms with Crippen LogP contribution in [0.5, 0.6) is 0 Å². The molecule has 208 valence electrons. The molecule has 1 aromatic rings. The number of amides is 1. The first-order chi connectivity index (χ1) is 17.7. The van der Waals surface area contributed by atoms with Crippen LogP contribution in [-0.2, 0) is 14.3 Å². The number of ether oxygens (including phenoxy) is 2. The van der Waals surface area contributed by atoms with E-state index in [2.05, 4.69) is 28.8 Å². The minimum Gasteiger partial charge on any atom is -0.388 e. The van der Waals surface area contributed by atoms with E-state index in [9.17, 15) is 24.0 Å². The van der Waals surface area contributed by atoms with Crippen molar-refractivity contribution < 1.29 is 33.5 Å². The maximum atomic E-state index is 13.3. The molecule has 1 amide bonds. The van der Waals surface area contributed by atoms with E-state index in [-0.39, 0.29) is 30.1 Å². The molecule has 12 heteroatoms. The number of benzene rings is 1. The molecular formula is C25H36ClFN2O6S2. The molecule has 2 fully saturated rings. The van der Waals surface area contributed by atoms with E-state index >= 15 is 0 Å². The van der Waals surface area contributed by atoms with Crippen molar-refractivity contribution in [1.82, 2.24) is 10.6 Å². The highest BCUT2D eigenvalue weighted by molar-refractivity contribution is 7.99. The number of thioether (sulfide) groups is 1. The van der Waals surface area contributed by atoms with Gasteiger partial charge in [-0.15, -0.1) is 23.4 Å². The van der Waals surface area contributed by atoms with Crippen LogP contribution in [-0.4, -0.2) is 100 Å². The fraction of sp³-hybridized carbons (Fsp3) is 0.640. The van der Waals surface area contributed by atoms with Gasteiger partial charge in [-0.2, -0.15) is 3.89 Å². The first-order valence-electron chi connectivity index (χ1n) is 12.2. The van der Waals surface area contributed by atoms with Crippen molar-refractivity contribution >= 4 is 47.0 Å². The Bertz CT molecular complexity index is 899. The van der Waals surface area contributed by atoms with E-state index in [0.29, 0.717) is 13.2 Å². The molecule has 10 atom stereocenters. The number of hydrogen-bond donors (Lipinski definition) is 5. The highest BCUT2D eigenvalue weighted by atomic mass is 35.5. The van der Waals surface area contributed by atoms with Crippen LogP contribution in [0.2, 0.25) is 0 Å². The Hall–Kier alpha value is -0.890. The minimum absolute atomic E-state index is 0.0368. The summed E-state index contributed by atoms with van der Waals surface area (Å²) in [6, 6.07) is 8.77. The Morgan fingerprint density at radius 1 is 1.19 bits per heavy atom. The summed E-state index contributed by atoms with van der Waals surface area (Å²) in [4.78, 5) is 13.3. The van der Waals surface area contributed by atoms with Crippen molar-refractivity contribution in [3.63, 3.8) is 0 Å². The first kappa shape index (κ1) is 30.6. The van der Waals surface area contributed by atoms with Gasteiger partial charge < -0.3 is 35.4 Å². The van der Waals surface area contributed by atoms with Crippen molar-refractivity contribution in [3.8, 4) is 0 Å². The molecule has 0 saturated carbocycles. The Morgan fingerprint density at radius 3 is 2.49 bits per heavy atom. The lowest BCUT2D eigenvalue weighted by molar-refractivity contribution is -0.205. The number of carbonyl (C=O) groups is 1. The topological polar surface area (TPSA) is 120 Å². The number of rotatable bonds is 6. The van der Waals surface area contributed by atoms with Gasteiger partial charge in [0, 0.05) is 30.9 Å². The van der Waals surface area contributed by atoms with Crippen LogP contribution in [0.25, 0.3) is 5.57 Å². The van der Waals surface area contributed by atoms with Gasteiger partial charge in [-0.3, -0.25) is 4.79 Å². The minimum atomic E-state index is -1.41. The monoisotopic (exact) mass is 578 g/mol. The summed E-state index contributed by atoms with van der Waals surface area (Å²) in [7, 11) is 0. The van der Waals surface area contributed by atoms with Crippen LogP contribution in [0.3, 0.4) is 0 Å². The second-order valence-electron chi connectivity index (χ2n) is 9.24. The summed E-state index contributed by atoms with van der Waals surface area (Å²) < 4.78 is 22.2. The third-order valence-electron chi connectivity index (χ3n) is 6.84. The van der Waals surface area contributed by atoms with Crippen molar-refractivity contribution in [1.29, 1.82) is 0 Å². The molecular weight excluding hydrogens is 543 g/mol. The molecule has 1 aromatic carbocycles. The second-order valence-corrected chi connectivity index (χ2v) is 11.2. The molecule has 0 radical (unpaired) electrons. The van der Waals surface area contributed by atoms with Crippen LogP contribution < -0.4 is 10.6 Å². The Labute approximate surface area is 231 Å². The maximum Gasteiger partial charge on any atom is 0.240 e. The molecule has 5 N–H and O–H groups in total. The summed E-state index contributed by atoms with van der Waals surface area (Å²) >= 11 is 7.87. The van der Waals surface area contributed by atoms with Crippen LogP contribution in [0.1, 0.15) is 18.9 Å². The number of nitrogens with one attached hydrogen (secondary N) is 2. The number of aliphatic hydroxyl groups is 3. The highest BCUT2D eigenvalue weighted by Crippen LogP contribution is 2.32. The molecule has 0 bridgehead atoms. The summed E-state index contributed by atoms with van der Waals surface area (Å²) in [6.07, 6.45) is 0.697. The van der Waals surface area contributed by atoms with Crippen LogP contribution in [0, 0.1) is 5.92 Å². The summed E-state index contributed by atoms with van der Waals surface area (Å²) in [5.41, 5.74) is 1.61. The van der Waals surface area contributed by atoms with Crippen LogP contribution in [0.4, 0.5) is 3.89 Å². The second kappa shape index (κ2) is 14.5. The number of fused-ring (bicyclic) bond motifs is 1. The van der Waals surface area contributed by atoms with E-state index < -0.39 is 47.3 Å². The predicted octanol–water partition coefficient (Wildman–Crippen LogP) is 1.96. The lowest BCUT2D eigenvalue weighted by atomic mass is 9.92. The third kappa shape index (κ3) is 7.40. The first-order valence-corrected chi connectivity index (χ1v) is 15.0. The zero-order valence-electron chi connectivity index (χ0n) is 21.0. The van der Waals surface area contributed by atoms with Gasteiger partial charge in [0.05, 0.1) is 24.1 Å². The predicted molar refractivity (Wildman–Crippen MR) is 146 cm³/mol. The molecule has 37 heavy (non-hydrogen) atoms. The Balaban J connectivity index is 0.00000121. The van der Waals surface area contributed by atoms with Gasteiger partial charge in [0.25, 0.3) is 0 Å². The average molecular weight is 579 g/mol. The number of hydrogen-bond acceptors (Lipinski definition) is 9. The standard InChI is InChI=1S/C24H33ClN2O6S.CH3FS/c1-12(25)16(22-19(29)18(28)20(30)24(33-22)34-2)27-23(31)17-21-15(11-26-17)10-14(8-9-32-21)13-6-4-3-5-7-13;1-3-2/h3-7,10,12,15-22,24,26,28-30H,8-9,11H2,1-2H3,(H,27,31);1H3/t12-,15-,16+,17-,18+,19?,20+,21+,22+,24?;/m0./s1. The fourth-order valence-corrected chi connectivity index (χ4v) is 5.86. The average Bonchev–Trinajstić information content (AvgIpc) is 3.17. The molecule has 3 heterocycles. The summed E-state index contributed by atoms with van der Waals surface area (Å²) in [5, 5.41) is 36.6. The molecule has 0 aromatic heterocycles. The summed E-state index contributed by atoms with van der Waals surface area (Å²) in [5.74, 6) is -0.270. The zero-order chi connectivity index (χ0) is 27.1. The molecule has 2 saturated heterocycles. The summed E-state index contributed by atoms with van der Waals surface area (Å²) in [6.45, 7) is 2.80. The van der Waals surface area contributed by atoms with Crippen LogP contribution in [0.15, 0.2) is 36.4 Å². The molecule has 3 aliphatic rings. The van der Waals surface area contributed by atoms with E-state index in [0.717, 1.165) is 12.0 Å². The highest BCUT2D eigenvalue weighted by Gasteiger charge is 2.49. The number of carbonyl (C=O) groups excluding carboxylic acids is 1. The van der Waals surface area contributed by atoms with Gasteiger partial charge >= 0.3 is 0 Å². The quantitative estimate of drug-likeness (QED) is 0.323. The molecule has 0 aliphatic carbocycles. The normalized spacial score (nSPS) is 35.2. The molecule has 2 unspecified atom stereocenters. The van der Waals surface area contributed by atoms with Gasteiger partial charge in [-0.25, -0.2) is 0 Å². The number of alkyl halides is 1. The van der Waals surface area contributed by atoms with Crippen molar-refractivity contribution in [2.24, 2.45) is 5.92 Å². The largest absolute Gasteiger partial charge is 0.388 e. The van der Waals surface area contributed by atoms with E-state index in [1.807, 2.05) is 18.2 Å². The van der Waals surface area contributed by atoms with E-state index in [1.54, 1.807) is 13.2 Å². The molecule has 3 aliphatic heterocycles. The lowest BCUT2D eigenvalue weighted by Gasteiger charge is -2.44. The van der Waals surface area contributed by atoms with Crippen molar-refractivity contribution in [2.45, 2.75) is 66.8 Å². The fourth-order valence-electron chi connectivity index (χ4n) is 4.98. The molecule has 8 nitrogen and oxygen atoms in total. The van der Waals surface area contributed by atoms with Crippen LogP contribution >= 0.6 is 35.5 Å². The van der Waals surface area contributed by atoms with Crippen molar-refractivity contribution in [3.05, 3.63) is 42.0 Å². The molecule has 4 rings (SSSR count). The zero-order valence-corrected chi connectivity index (χ0v) is 23.4. The number of halogens is 2. The van der Waals surface area contributed by atoms with E-state index in [1.165, 1.54) is 23.6 Å². The van der Waals surface area contributed by atoms with E-state index in [4.69, 9.17) is 21.1 Å². The Kier molecular flexibility index (Phi) is 12.0. The van der Waals surface area contributed by atoms with Gasteiger partial charge in [-0.1, -0.05) is 36.4 Å². The maximum absolute atomic E-state index is 13.3. The Morgan fingerprint density at radius 2 is 1.86 bits per heavy atom.